The molecule has 0 aliphatic heterocycles. The smallest absolute Gasteiger partial charge is 0.0804 e. The zero-order valence-corrected chi connectivity index (χ0v) is 12.1. The standard InChI is InChI=1S/C16H23ClO/c1-11-9-14(15(17)10-12(11)2)16(18)8-7-13-5-3-4-6-13/h9-10,13,16,18H,3-8H2,1-2H3. The highest BCUT2D eigenvalue weighted by Gasteiger charge is 2.18. The van der Waals surface area contributed by atoms with E-state index in [0.29, 0.717) is 5.02 Å². The Balaban J connectivity index is 1.99. The van der Waals surface area contributed by atoms with Gasteiger partial charge in [0.15, 0.2) is 0 Å². The molecule has 1 nitrogen and oxygen atoms in total. The second-order valence-electron chi connectivity index (χ2n) is 5.70. The minimum absolute atomic E-state index is 0.405. The fourth-order valence-electron chi connectivity index (χ4n) is 2.91. The molecule has 1 aromatic carbocycles. The zero-order chi connectivity index (χ0) is 13.1. The first-order chi connectivity index (χ1) is 8.58. The van der Waals surface area contributed by atoms with Gasteiger partial charge in [0.05, 0.1) is 6.10 Å². The summed E-state index contributed by atoms with van der Waals surface area (Å²) < 4.78 is 0. The summed E-state index contributed by atoms with van der Waals surface area (Å²) in [5.41, 5.74) is 3.29. The molecule has 1 atom stereocenters. The quantitative estimate of drug-likeness (QED) is 0.817. The number of hydrogen-bond donors (Lipinski definition) is 1. The summed E-state index contributed by atoms with van der Waals surface area (Å²) in [5.74, 6) is 0.824. The van der Waals surface area contributed by atoms with Gasteiger partial charge in [0.1, 0.15) is 0 Å². The molecule has 0 heterocycles. The second-order valence-corrected chi connectivity index (χ2v) is 6.11. The van der Waals surface area contributed by atoms with E-state index in [1.54, 1.807) is 0 Å². The normalized spacial score (nSPS) is 18.2. The second kappa shape index (κ2) is 6.08. The van der Waals surface area contributed by atoms with E-state index in [9.17, 15) is 5.11 Å². The van der Waals surface area contributed by atoms with Gasteiger partial charge < -0.3 is 5.11 Å². The summed E-state index contributed by atoms with van der Waals surface area (Å²) in [4.78, 5) is 0. The van der Waals surface area contributed by atoms with Gasteiger partial charge in [0, 0.05) is 5.02 Å². The van der Waals surface area contributed by atoms with Crippen LogP contribution < -0.4 is 0 Å². The lowest BCUT2D eigenvalue weighted by molar-refractivity contribution is 0.157. The van der Waals surface area contributed by atoms with Crippen molar-refractivity contribution in [1.29, 1.82) is 0 Å². The van der Waals surface area contributed by atoms with Gasteiger partial charge in [0.2, 0.25) is 0 Å². The highest BCUT2D eigenvalue weighted by atomic mass is 35.5. The van der Waals surface area contributed by atoms with Crippen LogP contribution in [0.4, 0.5) is 0 Å². The Morgan fingerprint density at radius 2 is 1.83 bits per heavy atom. The number of halogens is 1. The zero-order valence-electron chi connectivity index (χ0n) is 11.4. The van der Waals surface area contributed by atoms with E-state index < -0.39 is 6.10 Å². The van der Waals surface area contributed by atoms with Crippen LogP contribution in [0.1, 0.15) is 61.3 Å². The summed E-state index contributed by atoms with van der Waals surface area (Å²) in [7, 11) is 0. The van der Waals surface area contributed by atoms with Crippen molar-refractivity contribution in [2.75, 3.05) is 0 Å². The molecule has 1 saturated carbocycles. The van der Waals surface area contributed by atoms with Crippen LogP contribution >= 0.6 is 11.6 Å². The highest BCUT2D eigenvalue weighted by molar-refractivity contribution is 6.31. The Morgan fingerprint density at radius 3 is 2.50 bits per heavy atom. The maximum absolute atomic E-state index is 10.3. The minimum Gasteiger partial charge on any atom is -0.388 e. The number of rotatable bonds is 4. The molecule has 1 N–H and O–H groups in total. The fourth-order valence-corrected chi connectivity index (χ4v) is 3.25. The van der Waals surface area contributed by atoms with Crippen molar-refractivity contribution < 1.29 is 5.11 Å². The van der Waals surface area contributed by atoms with Crippen LogP contribution in [0.5, 0.6) is 0 Å². The number of aliphatic hydroxyl groups excluding tert-OH is 1. The Kier molecular flexibility index (Phi) is 4.69. The third-order valence-corrected chi connectivity index (χ3v) is 4.62. The molecule has 0 saturated heterocycles. The molecule has 0 aromatic heterocycles. The van der Waals surface area contributed by atoms with Crippen molar-refractivity contribution in [2.45, 2.75) is 58.5 Å². The molecule has 1 unspecified atom stereocenters. The van der Waals surface area contributed by atoms with Crippen LogP contribution in [0.2, 0.25) is 5.02 Å². The van der Waals surface area contributed by atoms with Crippen molar-refractivity contribution in [2.24, 2.45) is 5.92 Å². The van der Waals surface area contributed by atoms with Gasteiger partial charge >= 0.3 is 0 Å². The van der Waals surface area contributed by atoms with Crippen LogP contribution in [-0.2, 0) is 0 Å². The molecule has 0 bridgehead atoms. The van der Waals surface area contributed by atoms with Crippen molar-refractivity contribution >= 4 is 11.6 Å². The third kappa shape index (κ3) is 3.27. The molecular weight excluding hydrogens is 244 g/mol. The number of benzene rings is 1. The van der Waals surface area contributed by atoms with E-state index in [4.69, 9.17) is 11.6 Å². The molecule has 1 fully saturated rings. The number of hydrogen-bond acceptors (Lipinski definition) is 1. The van der Waals surface area contributed by atoms with E-state index in [0.717, 1.165) is 24.3 Å². The highest BCUT2D eigenvalue weighted by Crippen LogP contribution is 2.34. The number of aliphatic hydroxyl groups is 1. The van der Waals surface area contributed by atoms with Crippen molar-refractivity contribution in [3.05, 3.63) is 33.8 Å². The lowest BCUT2D eigenvalue weighted by Gasteiger charge is -2.17. The molecule has 2 rings (SSSR count). The van der Waals surface area contributed by atoms with Crippen molar-refractivity contribution in [3.8, 4) is 0 Å². The number of aryl methyl sites for hydroxylation is 2. The van der Waals surface area contributed by atoms with Crippen molar-refractivity contribution in [1.82, 2.24) is 0 Å². The first-order valence-electron chi connectivity index (χ1n) is 7.02. The van der Waals surface area contributed by atoms with E-state index in [-0.39, 0.29) is 0 Å². The van der Waals surface area contributed by atoms with Gasteiger partial charge in [-0.1, -0.05) is 43.4 Å². The molecule has 0 amide bonds. The van der Waals surface area contributed by atoms with Crippen LogP contribution in [0.15, 0.2) is 12.1 Å². The first-order valence-corrected chi connectivity index (χ1v) is 7.40. The van der Waals surface area contributed by atoms with Crippen molar-refractivity contribution in [3.63, 3.8) is 0 Å². The van der Waals surface area contributed by atoms with Crippen LogP contribution in [-0.4, -0.2) is 5.11 Å². The molecule has 2 heteroatoms. The summed E-state index contributed by atoms with van der Waals surface area (Å²) in [6, 6.07) is 4.00. The topological polar surface area (TPSA) is 20.2 Å². The Labute approximate surface area is 115 Å². The summed E-state index contributed by atoms with van der Waals surface area (Å²) in [6.07, 6.45) is 6.98. The summed E-state index contributed by atoms with van der Waals surface area (Å²) >= 11 is 6.23. The Morgan fingerprint density at radius 1 is 1.22 bits per heavy atom. The first kappa shape index (κ1) is 13.9. The fraction of sp³-hybridized carbons (Fsp3) is 0.625. The average Bonchev–Trinajstić information content (AvgIpc) is 2.84. The summed E-state index contributed by atoms with van der Waals surface area (Å²) in [5, 5.41) is 11.0. The van der Waals surface area contributed by atoms with Gasteiger partial charge in [0.25, 0.3) is 0 Å². The van der Waals surface area contributed by atoms with Gasteiger partial charge in [-0.05, 0) is 55.4 Å². The lowest BCUT2D eigenvalue weighted by Crippen LogP contribution is -2.03. The predicted molar refractivity (Wildman–Crippen MR) is 77.1 cm³/mol. The van der Waals surface area contributed by atoms with E-state index in [2.05, 4.69) is 13.8 Å². The predicted octanol–water partition coefficient (Wildman–Crippen LogP) is 4.96. The molecule has 1 aliphatic rings. The van der Waals surface area contributed by atoms with Crippen LogP contribution in [0, 0.1) is 19.8 Å². The maximum atomic E-state index is 10.3. The summed E-state index contributed by atoms with van der Waals surface area (Å²) in [6.45, 7) is 4.12. The molecule has 1 aliphatic carbocycles. The Bertz CT molecular complexity index is 408. The van der Waals surface area contributed by atoms with Gasteiger partial charge in [-0.2, -0.15) is 0 Å². The SMILES string of the molecule is Cc1cc(Cl)c(C(O)CCC2CCCC2)cc1C. The maximum Gasteiger partial charge on any atom is 0.0804 e. The molecule has 100 valence electrons. The average molecular weight is 267 g/mol. The lowest BCUT2D eigenvalue weighted by atomic mass is 9.95. The van der Waals surface area contributed by atoms with Gasteiger partial charge in [-0.3, -0.25) is 0 Å². The van der Waals surface area contributed by atoms with Gasteiger partial charge in [-0.25, -0.2) is 0 Å². The molecule has 0 radical (unpaired) electrons. The molecule has 18 heavy (non-hydrogen) atoms. The van der Waals surface area contributed by atoms with E-state index in [1.807, 2.05) is 12.1 Å². The Hall–Kier alpha value is -0.530. The molecule has 0 spiro atoms. The van der Waals surface area contributed by atoms with Crippen LogP contribution in [0.25, 0.3) is 0 Å². The third-order valence-electron chi connectivity index (χ3n) is 4.30. The molecular formula is C16H23ClO. The van der Waals surface area contributed by atoms with Crippen LogP contribution in [0.3, 0.4) is 0 Å². The van der Waals surface area contributed by atoms with E-state index in [1.165, 1.54) is 36.8 Å². The minimum atomic E-state index is -0.405. The molecule has 1 aromatic rings. The van der Waals surface area contributed by atoms with Gasteiger partial charge in [-0.15, -0.1) is 0 Å². The monoisotopic (exact) mass is 266 g/mol. The van der Waals surface area contributed by atoms with E-state index >= 15 is 0 Å². The largest absolute Gasteiger partial charge is 0.388 e.